The molecule has 202 valence electrons. The van der Waals surface area contributed by atoms with Crippen molar-refractivity contribution in [1.29, 1.82) is 0 Å². The molecule has 0 bridgehead atoms. The molecule has 2 aromatic heterocycles. The van der Waals surface area contributed by atoms with E-state index < -0.39 is 0 Å². The lowest BCUT2D eigenvalue weighted by molar-refractivity contribution is -0.118. The number of methoxy groups -OCH3 is 3. The van der Waals surface area contributed by atoms with Crippen molar-refractivity contribution < 1.29 is 19.0 Å². The van der Waals surface area contributed by atoms with Crippen LogP contribution in [0.15, 0.2) is 57.5 Å². The highest BCUT2D eigenvalue weighted by atomic mass is 32.2. The number of amides is 1. The minimum Gasteiger partial charge on any atom is -0.497 e. The van der Waals surface area contributed by atoms with Gasteiger partial charge in [0.1, 0.15) is 10.6 Å². The Labute approximate surface area is 233 Å². The number of rotatable bonds is 9. The summed E-state index contributed by atoms with van der Waals surface area (Å²) in [5.74, 6) is 1.57. The summed E-state index contributed by atoms with van der Waals surface area (Å²) in [7, 11) is 4.72. The molecule has 0 radical (unpaired) electrons. The van der Waals surface area contributed by atoms with Crippen molar-refractivity contribution in [1.82, 2.24) is 15.0 Å². The van der Waals surface area contributed by atoms with Gasteiger partial charge in [-0.3, -0.25) is 14.2 Å². The number of thiophene rings is 1. The van der Waals surface area contributed by atoms with E-state index in [-0.39, 0.29) is 17.2 Å². The molecule has 1 amide bonds. The first-order valence-electron chi connectivity index (χ1n) is 12.4. The highest BCUT2D eigenvalue weighted by Gasteiger charge is 2.23. The molecule has 0 saturated heterocycles. The zero-order chi connectivity index (χ0) is 27.4. The first kappa shape index (κ1) is 26.8. The number of hydrogen-bond acceptors (Lipinski definition) is 9. The van der Waals surface area contributed by atoms with Crippen LogP contribution in [0.4, 0.5) is 0 Å². The zero-order valence-corrected chi connectivity index (χ0v) is 23.5. The van der Waals surface area contributed by atoms with Crippen LogP contribution in [0.5, 0.6) is 17.2 Å². The van der Waals surface area contributed by atoms with Gasteiger partial charge in [0.05, 0.1) is 44.4 Å². The summed E-state index contributed by atoms with van der Waals surface area (Å²) in [5, 5.41) is 5.21. The fourth-order valence-corrected chi connectivity index (χ4v) is 6.62. The number of ether oxygens (including phenoxy) is 3. The normalized spacial score (nSPS) is 12.9. The number of hydrogen-bond donors (Lipinski definition) is 1. The molecule has 5 rings (SSSR count). The van der Waals surface area contributed by atoms with Gasteiger partial charge in [-0.25, -0.2) is 10.4 Å². The number of nitrogens with zero attached hydrogens (tertiary/aromatic N) is 3. The molecule has 11 heteroatoms. The Morgan fingerprint density at radius 2 is 1.85 bits per heavy atom. The number of benzene rings is 2. The molecule has 0 unspecified atom stereocenters. The van der Waals surface area contributed by atoms with Gasteiger partial charge in [0, 0.05) is 4.88 Å². The lowest BCUT2D eigenvalue weighted by Gasteiger charge is -2.14. The van der Waals surface area contributed by atoms with Gasteiger partial charge in [-0.15, -0.1) is 11.3 Å². The highest BCUT2D eigenvalue weighted by molar-refractivity contribution is 7.99. The van der Waals surface area contributed by atoms with Crippen molar-refractivity contribution in [3.05, 3.63) is 68.8 Å². The van der Waals surface area contributed by atoms with E-state index in [1.54, 1.807) is 67.6 Å². The van der Waals surface area contributed by atoms with Crippen molar-refractivity contribution in [2.75, 3.05) is 27.1 Å². The Hall–Kier alpha value is -3.83. The summed E-state index contributed by atoms with van der Waals surface area (Å²) in [6.07, 6.45) is 5.58. The van der Waals surface area contributed by atoms with Crippen LogP contribution in [0.1, 0.15) is 28.8 Å². The molecule has 9 nitrogen and oxygen atoms in total. The quantitative estimate of drug-likeness (QED) is 0.137. The van der Waals surface area contributed by atoms with Crippen LogP contribution in [0.2, 0.25) is 0 Å². The third-order valence-electron chi connectivity index (χ3n) is 6.43. The molecule has 1 N–H and O–H groups in total. The molecule has 0 spiro atoms. The molecule has 0 atom stereocenters. The molecule has 2 aromatic carbocycles. The topological polar surface area (TPSA) is 104 Å². The Kier molecular flexibility index (Phi) is 8.18. The van der Waals surface area contributed by atoms with Crippen LogP contribution in [0, 0.1) is 0 Å². The smallest absolute Gasteiger partial charge is 0.267 e. The molecule has 2 heterocycles. The second-order valence-corrected chi connectivity index (χ2v) is 10.8. The first-order chi connectivity index (χ1) is 19.0. The zero-order valence-electron chi connectivity index (χ0n) is 21.9. The first-order valence-corrected chi connectivity index (χ1v) is 14.2. The van der Waals surface area contributed by atoms with Crippen molar-refractivity contribution in [3.8, 4) is 22.9 Å². The van der Waals surface area contributed by atoms with E-state index in [4.69, 9.17) is 19.2 Å². The van der Waals surface area contributed by atoms with E-state index in [2.05, 4.69) is 10.5 Å². The van der Waals surface area contributed by atoms with Gasteiger partial charge in [0.15, 0.2) is 16.7 Å². The van der Waals surface area contributed by atoms with Gasteiger partial charge in [-0.1, -0.05) is 11.8 Å². The number of nitrogens with one attached hydrogen (secondary N) is 1. The van der Waals surface area contributed by atoms with E-state index in [9.17, 15) is 9.59 Å². The van der Waals surface area contributed by atoms with Crippen LogP contribution < -0.4 is 25.2 Å². The van der Waals surface area contributed by atoms with Crippen LogP contribution >= 0.6 is 23.1 Å². The largest absolute Gasteiger partial charge is 0.497 e. The molecule has 4 aromatic rings. The predicted molar refractivity (Wildman–Crippen MR) is 154 cm³/mol. The number of carbonyl (C=O) groups is 1. The molecule has 0 fully saturated rings. The number of aromatic nitrogens is 2. The number of thioether (sulfide) groups is 1. The van der Waals surface area contributed by atoms with Crippen molar-refractivity contribution in [2.45, 2.75) is 30.8 Å². The van der Waals surface area contributed by atoms with E-state index in [1.807, 2.05) is 12.1 Å². The van der Waals surface area contributed by atoms with Gasteiger partial charge in [0.2, 0.25) is 0 Å². The van der Waals surface area contributed by atoms with Crippen molar-refractivity contribution >= 4 is 45.4 Å². The van der Waals surface area contributed by atoms with E-state index in [0.717, 1.165) is 41.6 Å². The minimum absolute atomic E-state index is 0.0302. The van der Waals surface area contributed by atoms with Gasteiger partial charge >= 0.3 is 0 Å². The van der Waals surface area contributed by atoms with E-state index >= 15 is 0 Å². The van der Waals surface area contributed by atoms with E-state index in [1.165, 1.54) is 22.9 Å². The molecule has 0 saturated carbocycles. The molecular formula is C28H28N4O5S2. The van der Waals surface area contributed by atoms with E-state index in [0.29, 0.717) is 33.5 Å². The Morgan fingerprint density at radius 3 is 2.59 bits per heavy atom. The lowest BCUT2D eigenvalue weighted by Crippen LogP contribution is -2.24. The monoisotopic (exact) mass is 564 g/mol. The number of fused-ring (bicyclic) bond motifs is 3. The lowest BCUT2D eigenvalue weighted by atomic mass is 9.97. The second kappa shape index (κ2) is 11.9. The third kappa shape index (κ3) is 5.64. The average molecular weight is 565 g/mol. The van der Waals surface area contributed by atoms with Gasteiger partial charge < -0.3 is 14.2 Å². The maximum absolute atomic E-state index is 13.9. The Bertz CT molecular complexity index is 1590. The summed E-state index contributed by atoms with van der Waals surface area (Å²) in [4.78, 5) is 33.3. The number of hydrazone groups is 1. The second-order valence-electron chi connectivity index (χ2n) is 8.82. The highest BCUT2D eigenvalue weighted by Crippen LogP contribution is 2.35. The van der Waals surface area contributed by atoms with Gasteiger partial charge in [0.25, 0.3) is 11.5 Å². The third-order valence-corrected chi connectivity index (χ3v) is 8.56. The molecule has 39 heavy (non-hydrogen) atoms. The summed E-state index contributed by atoms with van der Waals surface area (Å²) in [6, 6.07) is 12.6. The van der Waals surface area contributed by atoms with Crippen molar-refractivity contribution in [2.24, 2.45) is 5.10 Å². The maximum Gasteiger partial charge on any atom is 0.267 e. The fourth-order valence-electron chi connectivity index (χ4n) is 4.52. The minimum atomic E-state index is -0.321. The Balaban J connectivity index is 1.39. The van der Waals surface area contributed by atoms with Crippen LogP contribution in [-0.2, 0) is 17.6 Å². The van der Waals surface area contributed by atoms with Crippen LogP contribution in [0.25, 0.3) is 15.9 Å². The standard InChI is InChI=1S/C28H28N4O5S2/c1-35-19-11-9-18(10-12-19)32-27(34)25-20-6-4-5-7-23(20)39-26(25)30-28(32)38-16-24(33)31-29-15-17-8-13-21(36-2)22(14-17)37-3/h8-15H,4-7,16H2,1-3H3,(H,31,33). The summed E-state index contributed by atoms with van der Waals surface area (Å²) >= 11 is 2.79. The SMILES string of the molecule is COc1ccc(-n2c(SCC(=O)NN=Cc3ccc(OC)c(OC)c3)nc3sc4c(c3c2=O)CCCC4)cc1. The summed E-state index contributed by atoms with van der Waals surface area (Å²) in [5.41, 5.74) is 4.96. The molecular weight excluding hydrogens is 536 g/mol. The molecule has 1 aliphatic carbocycles. The number of aryl methyl sites for hydroxylation is 2. The summed E-state index contributed by atoms with van der Waals surface area (Å²) < 4.78 is 17.4. The van der Waals surface area contributed by atoms with Crippen LogP contribution in [-0.4, -0.2) is 48.8 Å². The van der Waals surface area contributed by atoms with Crippen molar-refractivity contribution in [3.63, 3.8) is 0 Å². The summed E-state index contributed by atoms with van der Waals surface area (Å²) in [6.45, 7) is 0. The fraction of sp³-hybridized carbons (Fsp3) is 0.286. The molecule has 1 aliphatic rings. The molecule has 0 aliphatic heterocycles. The van der Waals surface area contributed by atoms with Gasteiger partial charge in [-0.05, 0) is 79.3 Å². The predicted octanol–water partition coefficient (Wildman–Crippen LogP) is 4.59. The number of carbonyl (C=O) groups excluding carboxylic acids is 1. The average Bonchev–Trinajstić information content (AvgIpc) is 3.35. The van der Waals surface area contributed by atoms with Gasteiger partial charge in [-0.2, -0.15) is 5.10 Å². The van der Waals surface area contributed by atoms with Crippen LogP contribution in [0.3, 0.4) is 0 Å². The Morgan fingerprint density at radius 1 is 1.08 bits per heavy atom. The maximum atomic E-state index is 13.9.